The highest BCUT2D eigenvalue weighted by molar-refractivity contribution is 6.28. The Morgan fingerprint density at radius 2 is 1.94 bits per heavy atom. The highest BCUT2D eigenvalue weighted by Gasteiger charge is 2.08. The van der Waals surface area contributed by atoms with E-state index < -0.39 is 0 Å². The number of ether oxygens (including phenoxy) is 1. The zero-order valence-electron chi connectivity index (χ0n) is 10.3. The molecule has 2 aromatic rings. The number of rotatable bonds is 3. The molecule has 94 valence electrons. The molecule has 0 aromatic carbocycles. The third-order valence-electron chi connectivity index (χ3n) is 2.07. The Balaban J connectivity index is 2.26. The Morgan fingerprint density at radius 1 is 1.17 bits per heavy atom. The van der Waals surface area contributed by atoms with Gasteiger partial charge in [0, 0.05) is 19.8 Å². The van der Waals surface area contributed by atoms with Crippen molar-refractivity contribution < 1.29 is 4.74 Å². The Morgan fingerprint density at radius 3 is 2.56 bits per heavy atom. The van der Waals surface area contributed by atoms with Crippen LogP contribution in [0, 0.1) is 6.92 Å². The van der Waals surface area contributed by atoms with Crippen molar-refractivity contribution in [3.8, 4) is 11.8 Å². The molecule has 6 nitrogen and oxygen atoms in total. The summed E-state index contributed by atoms with van der Waals surface area (Å²) in [5, 5.41) is 0.0868. The van der Waals surface area contributed by atoms with Crippen LogP contribution in [-0.2, 0) is 0 Å². The normalized spacial score (nSPS) is 10.2. The van der Waals surface area contributed by atoms with Gasteiger partial charge in [0.2, 0.25) is 11.2 Å². The summed E-state index contributed by atoms with van der Waals surface area (Å²) < 4.78 is 5.47. The number of nitrogens with zero attached hydrogens (tertiary/aromatic N) is 5. The second-order valence-corrected chi connectivity index (χ2v) is 4.16. The molecule has 2 aromatic heterocycles. The minimum absolute atomic E-state index is 0.0868. The summed E-state index contributed by atoms with van der Waals surface area (Å²) in [6, 6.07) is 3.77. The molecule has 0 saturated heterocycles. The quantitative estimate of drug-likeness (QED) is 0.847. The minimum Gasteiger partial charge on any atom is -0.422 e. The second-order valence-electron chi connectivity index (χ2n) is 3.82. The summed E-state index contributed by atoms with van der Waals surface area (Å²) in [6.45, 7) is 1.90. The molecule has 7 heteroatoms. The lowest BCUT2D eigenvalue weighted by Crippen LogP contribution is -2.13. The van der Waals surface area contributed by atoms with Crippen molar-refractivity contribution >= 4 is 17.5 Å². The largest absolute Gasteiger partial charge is 0.422 e. The van der Waals surface area contributed by atoms with Gasteiger partial charge >= 0.3 is 6.01 Å². The molecule has 0 aliphatic carbocycles. The number of halogens is 1. The molecular weight excluding hydrogens is 254 g/mol. The molecule has 0 bridgehead atoms. The summed E-state index contributed by atoms with van der Waals surface area (Å²) >= 11 is 5.80. The number of hydrogen-bond acceptors (Lipinski definition) is 6. The Bertz CT molecular complexity index is 544. The number of hydrogen-bond donors (Lipinski definition) is 0. The van der Waals surface area contributed by atoms with Gasteiger partial charge in [0.1, 0.15) is 5.75 Å². The first kappa shape index (κ1) is 12.5. The first-order valence-corrected chi connectivity index (χ1v) is 5.62. The number of pyridine rings is 1. The summed E-state index contributed by atoms with van der Waals surface area (Å²) in [5.74, 6) is 0.984. The Hall–Kier alpha value is -1.95. The molecular formula is C11H12ClN5O. The van der Waals surface area contributed by atoms with E-state index in [1.165, 1.54) is 0 Å². The van der Waals surface area contributed by atoms with Crippen LogP contribution in [0.15, 0.2) is 18.3 Å². The van der Waals surface area contributed by atoms with E-state index in [4.69, 9.17) is 16.3 Å². The van der Waals surface area contributed by atoms with Gasteiger partial charge in [0.05, 0.1) is 6.20 Å². The van der Waals surface area contributed by atoms with Gasteiger partial charge in [0.15, 0.2) is 0 Å². The van der Waals surface area contributed by atoms with Crippen molar-refractivity contribution in [2.75, 3.05) is 19.0 Å². The minimum atomic E-state index is 0.0868. The molecule has 0 spiro atoms. The van der Waals surface area contributed by atoms with Gasteiger partial charge in [-0.25, -0.2) is 0 Å². The third-order valence-corrected chi connectivity index (χ3v) is 2.24. The highest BCUT2D eigenvalue weighted by Crippen LogP contribution is 2.19. The van der Waals surface area contributed by atoms with Crippen molar-refractivity contribution in [1.82, 2.24) is 19.9 Å². The lowest BCUT2D eigenvalue weighted by Gasteiger charge is -2.11. The first-order valence-electron chi connectivity index (χ1n) is 5.24. The monoisotopic (exact) mass is 265 g/mol. The molecule has 18 heavy (non-hydrogen) atoms. The zero-order chi connectivity index (χ0) is 13.1. The van der Waals surface area contributed by atoms with Crippen molar-refractivity contribution in [2.45, 2.75) is 6.92 Å². The van der Waals surface area contributed by atoms with Crippen LogP contribution in [0.2, 0.25) is 5.28 Å². The van der Waals surface area contributed by atoms with E-state index in [0.717, 1.165) is 5.69 Å². The van der Waals surface area contributed by atoms with Crippen molar-refractivity contribution in [3.05, 3.63) is 29.3 Å². The van der Waals surface area contributed by atoms with Gasteiger partial charge < -0.3 is 9.64 Å². The molecule has 2 rings (SSSR count). The summed E-state index contributed by atoms with van der Waals surface area (Å²) in [4.78, 5) is 17.8. The molecule has 0 radical (unpaired) electrons. The molecule has 0 amide bonds. The Labute approximate surface area is 110 Å². The lowest BCUT2D eigenvalue weighted by atomic mass is 10.4. The molecule has 0 aliphatic heterocycles. The van der Waals surface area contributed by atoms with Gasteiger partial charge in [-0.2, -0.15) is 15.0 Å². The van der Waals surface area contributed by atoms with Crippen LogP contribution in [-0.4, -0.2) is 34.0 Å². The molecule has 0 fully saturated rings. The maximum absolute atomic E-state index is 5.80. The fourth-order valence-electron chi connectivity index (χ4n) is 1.19. The summed E-state index contributed by atoms with van der Waals surface area (Å²) in [5.41, 5.74) is 0.907. The van der Waals surface area contributed by atoms with E-state index in [1.807, 2.05) is 27.1 Å². The molecule has 0 atom stereocenters. The standard InChI is InChI=1S/C11H12ClN5O/c1-7-4-5-8(6-13-7)18-11-15-9(12)14-10(16-11)17(2)3/h4-6H,1-3H3. The average Bonchev–Trinajstić information content (AvgIpc) is 2.31. The van der Waals surface area contributed by atoms with Crippen molar-refractivity contribution in [3.63, 3.8) is 0 Å². The van der Waals surface area contributed by atoms with Crippen LogP contribution in [0.5, 0.6) is 11.8 Å². The van der Waals surface area contributed by atoms with E-state index in [1.54, 1.807) is 17.2 Å². The Kier molecular flexibility index (Phi) is 3.57. The fraction of sp³-hybridized carbons (Fsp3) is 0.273. The van der Waals surface area contributed by atoms with Crippen LogP contribution in [0.3, 0.4) is 0 Å². The first-order chi connectivity index (χ1) is 8.54. The van der Waals surface area contributed by atoms with Gasteiger partial charge in [0.25, 0.3) is 0 Å². The molecule has 0 aliphatic rings. The van der Waals surface area contributed by atoms with E-state index in [9.17, 15) is 0 Å². The van der Waals surface area contributed by atoms with Crippen LogP contribution in [0.25, 0.3) is 0 Å². The van der Waals surface area contributed by atoms with Crippen LogP contribution < -0.4 is 9.64 Å². The van der Waals surface area contributed by atoms with Crippen LogP contribution in [0.4, 0.5) is 5.95 Å². The van der Waals surface area contributed by atoms with Gasteiger partial charge in [-0.05, 0) is 30.7 Å². The zero-order valence-corrected chi connectivity index (χ0v) is 11.0. The topological polar surface area (TPSA) is 64.0 Å². The SMILES string of the molecule is Cc1ccc(Oc2nc(Cl)nc(N(C)C)n2)cn1. The highest BCUT2D eigenvalue weighted by atomic mass is 35.5. The lowest BCUT2D eigenvalue weighted by molar-refractivity contribution is 0.437. The van der Waals surface area contributed by atoms with Crippen LogP contribution in [0.1, 0.15) is 5.69 Å². The van der Waals surface area contributed by atoms with E-state index in [-0.39, 0.29) is 11.3 Å². The summed E-state index contributed by atoms with van der Waals surface area (Å²) in [6.07, 6.45) is 1.60. The maximum atomic E-state index is 5.80. The predicted molar refractivity (Wildman–Crippen MR) is 68.2 cm³/mol. The number of anilines is 1. The van der Waals surface area contributed by atoms with E-state index in [0.29, 0.717) is 11.7 Å². The fourth-order valence-corrected chi connectivity index (χ4v) is 1.34. The molecule has 2 heterocycles. The second kappa shape index (κ2) is 5.14. The average molecular weight is 266 g/mol. The van der Waals surface area contributed by atoms with Gasteiger partial charge in [-0.3, -0.25) is 4.98 Å². The van der Waals surface area contributed by atoms with Crippen LogP contribution >= 0.6 is 11.6 Å². The molecule has 0 unspecified atom stereocenters. The van der Waals surface area contributed by atoms with Crippen molar-refractivity contribution in [1.29, 1.82) is 0 Å². The third kappa shape index (κ3) is 3.04. The maximum Gasteiger partial charge on any atom is 0.328 e. The summed E-state index contributed by atoms with van der Waals surface area (Å²) in [7, 11) is 3.62. The number of aryl methyl sites for hydroxylation is 1. The molecule has 0 N–H and O–H groups in total. The van der Waals surface area contributed by atoms with Gasteiger partial charge in [-0.1, -0.05) is 0 Å². The molecule has 0 saturated carbocycles. The van der Waals surface area contributed by atoms with Crippen molar-refractivity contribution in [2.24, 2.45) is 0 Å². The number of aromatic nitrogens is 4. The predicted octanol–water partition coefficient (Wildman–Crippen LogP) is 2.09. The van der Waals surface area contributed by atoms with Gasteiger partial charge in [-0.15, -0.1) is 0 Å². The van der Waals surface area contributed by atoms with E-state index in [2.05, 4.69) is 19.9 Å². The van der Waals surface area contributed by atoms with E-state index >= 15 is 0 Å². The smallest absolute Gasteiger partial charge is 0.328 e.